The number of hydrogen-bond acceptors (Lipinski definition) is 1. The predicted molar refractivity (Wildman–Crippen MR) is 103 cm³/mol. The third-order valence-electron chi connectivity index (χ3n) is 4.78. The first-order valence-corrected chi connectivity index (χ1v) is 9.21. The summed E-state index contributed by atoms with van der Waals surface area (Å²) in [6.45, 7) is 9.08. The molecule has 0 radical (unpaired) electrons. The lowest BCUT2D eigenvalue weighted by atomic mass is 10.1. The van der Waals surface area contributed by atoms with Crippen LogP contribution in [0.15, 0.2) is 42.6 Å². The third-order valence-corrected chi connectivity index (χ3v) is 5.17. The van der Waals surface area contributed by atoms with Crippen molar-refractivity contribution in [3.63, 3.8) is 0 Å². The molecule has 2 aromatic carbocycles. The van der Waals surface area contributed by atoms with Crippen molar-refractivity contribution in [2.24, 2.45) is 0 Å². The van der Waals surface area contributed by atoms with Gasteiger partial charge in [-0.25, -0.2) is 4.98 Å². The van der Waals surface area contributed by atoms with Crippen LogP contribution in [0, 0.1) is 0 Å². The average Bonchev–Trinajstić information content (AvgIpc) is 2.62. The highest BCUT2D eigenvalue weighted by molar-refractivity contribution is 6.40. The van der Waals surface area contributed by atoms with Crippen LogP contribution >= 0.6 is 11.6 Å². The Labute approximate surface area is 148 Å². The number of rotatable bonds is 7. The average molecular weight is 344 g/mol. The number of aromatic nitrogens is 1. The van der Waals surface area contributed by atoms with Crippen molar-refractivity contribution in [1.82, 2.24) is 0 Å². The van der Waals surface area contributed by atoms with E-state index in [2.05, 4.69) is 54.5 Å². The van der Waals surface area contributed by atoms with E-state index in [1.165, 1.54) is 31.4 Å². The molecule has 0 unspecified atom stereocenters. The number of benzene rings is 2. The van der Waals surface area contributed by atoms with Crippen molar-refractivity contribution in [3.8, 4) is 0 Å². The minimum atomic E-state index is 0.791. The van der Waals surface area contributed by atoms with Crippen molar-refractivity contribution in [2.75, 3.05) is 31.5 Å². The minimum absolute atomic E-state index is 0.791. The maximum absolute atomic E-state index is 6.62. The van der Waals surface area contributed by atoms with Crippen LogP contribution in [0.3, 0.4) is 0 Å². The lowest BCUT2D eigenvalue weighted by molar-refractivity contribution is -0.896. The molecular formula is C20H26ClN3+2. The molecule has 24 heavy (non-hydrogen) atoms. The fourth-order valence-corrected chi connectivity index (χ4v) is 3.60. The molecule has 0 spiro atoms. The van der Waals surface area contributed by atoms with Crippen molar-refractivity contribution in [1.29, 1.82) is 0 Å². The van der Waals surface area contributed by atoms with E-state index >= 15 is 0 Å². The normalized spacial score (nSPS) is 11.5. The van der Waals surface area contributed by atoms with Gasteiger partial charge in [0.2, 0.25) is 5.52 Å². The van der Waals surface area contributed by atoms with E-state index in [0.717, 1.165) is 33.5 Å². The summed E-state index contributed by atoms with van der Waals surface area (Å²) in [6.07, 6.45) is 3.12. The van der Waals surface area contributed by atoms with E-state index in [1.807, 2.05) is 12.3 Å². The van der Waals surface area contributed by atoms with Gasteiger partial charge in [0.05, 0.1) is 30.7 Å². The van der Waals surface area contributed by atoms with Crippen molar-refractivity contribution in [2.45, 2.75) is 20.3 Å². The van der Waals surface area contributed by atoms with Crippen LogP contribution < -0.4 is 15.2 Å². The summed E-state index contributed by atoms with van der Waals surface area (Å²) in [6, 6.07) is 12.6. The lowest BCUT2D eigenvalue weighted by Crippen LogP contribution is -3.11. The van der Waals surface area contributed by atoms with Gasteiger partial charge in [-0.2, -0.15) is 0 Å². The van der Waals surface area contributed by atoms with Gasteiger partial charge in [0, 0.05) is 24.4 Å². The molecule has 0 fully saturated rings. The van der Waals surface area contributed by atoms with Gasteiger partial charge >= 0.3 is 0 Å². The van der Waals surface area contributed by atoms with Crippen LogP contribution in [0.5, 0.6) is 0 Å². The first-order chi connectivity index (χ1) is 11.7. The largest absolute Gasteiger partial charge is 0.384 e. The van der Waals surface area contributed by atoms with Gasteiger partial charge in [0.25, 0.3) is 0 Å². The summed E-state index contributed by atoms with van der Waals surface area (Å²) in [5.74, 6) is 0. The number of quaternary nitrogens is 1. The highest BCUT2D eigenvalue weighted by Gasteiger charge is 2.14. The summed E-state index contributed by atoms with van der Waals surface area (Å²) in [5.41, 5.74) is 2.14. The van der Waals surface area contributed by atoms with E-state index in [9.17, 15) is 0 Å². The fourth-order valence-electron chi connectivity index (χ4n) is 3.27. The second-order valence-electron chi connectivity index (χ2n) is 6.21. The minimum Gasteiger partial charge on any atom is -0.384 e. The van der Waals surface area contributed by atoms with Gasteiger partial charge in [-0.15, -0.1) is 0 Å². The second kappa shape index (κ2) is 7.82. The predicted octanol–water partition coefficient (Wildman–Crippen LogP) is 3.19. The SMILES string of the molecule is CC[NH+](CC)CCCNc1cc[nH+]c2c(Cl)c3ccccc3cc12. The molecule has 0 amide bonds. The molecule has 0 atom stereocenters. The Morgan fingerprint density at radius 2 is 1.88 bits per heavy atom. The molecule has 1 heterocycles. The Morgan fingerprint density at radius 1 is 1.08 bits per heavy atom. The number of fused-ring (bicyclic) bond motifs is 2. The monoisotopic (exact) mass is 343 g/mol. The van der Waals surface area contributed by atoms with E-state index < -0.39 is 0 Å². The standard InChI is InChI=1S/C20H24ClN3/c1-3-24(4-2)13-7-11-22-18-10-12-23-20-17(18)14-15-8-5-6-9-16(15)19(20)21/h5-6,8-10,12,14H,3-4,7,11,13H2,1-2H3,(H,22,23)/p+2. The molecule has 126 valence electrons. The highest BCUT2D eigenvalue weighted by Crippen LogP contribution is 2.32. The Bertz CT molecular complexity index is 828. The number of halogens is 1. The van der Waals surface area contributed by atoms with Crippen LogP contribution in [0.1, 0.15) is 20.3 Å². The van der Waals surface area contributed by atoms with E-state index in [4.69, 9.17) is 11.6 Å². The van der Waals surface area contributed by atoms with Crippen LogP contribution in [-0.4, -0.2) is 26.2 Å². The maximum Gasteiger partial charge on any atom is 0.232 e. The van der Waals surface area contributed by atoms with Gasteiger partial charge in [-0.1, -0.05) is 35.9 Å². The quantitative estimate of drug-likeness (QED) is 0.501. The molecule has 0 aliphatic rings. The highest BCUT2D eigenvalue weighted by atomic mass is 35.5. The summed E-state index contributed by atoms with van der Waals surface area (Å²) in [5, 5.41) is 7.79. The Balaban J connectivity index is 1.83. The number of hydrogen-bond donors (Lipinski definition) is 2. The summed E-state index contributed by atoms with van der Waals surface area (Å²) in [7, 11) is 0. The van der Waals surface area contributed by atoms with Gasteiger partial charge in [0.15, 0.2) is 6.20 Å². The third kappa shape index (κ3) is 3.47. The molecule has 3 aromatic rings. The molecule has 3 nitrogen and oxygen atoms in total. The molecule has 0 aliphatic carbocycles. The van der Waals surface area contributed by atoms with Crippen molar-refractivity contribution in [3.05, 3.63) is 47.6 Å². The molecule has 3 rings (SSSR count). The van der Waals surface area contributed by atoms with Gasteiger partial charge < -0.3 is 10.2 Å². The van der Waals surface area contributed by atoms with E-state index in [1.54, 1.807) is 4.90 Å². The zero-order valence-electron chi connectivity index (χ0n) is 14.5. The smallest absolute Gasteiger partial charge is 0.232 e. The Morgan fingerprint density at radius 3 is 2.67 bits per heavy atom. The van der Waals surface area contributed by atoms with Crippen LogP contribution in [-0.2, 0) is 0 Å². The van der Waals surface area contributed by atoms with Crippen LogP contribution in [0.4, 0.5) is 5.69 Å². The molecular weight excluding hydrogens is 318 g/mol. The molecule has 3 N–H and O–H groups in total. The summed E-state index contributed by atoms with van der Waals surface area (Å²) >= 11 is 6.62. The van der Waals surface area contributed by atoms with Gasteiger partial charge in [-0.3, -0.25) is 0 Å². The van der Waals surface area contributed by atoms with Crippen molar-refractivity contribution < 1.29 is 9.88 Å². The summed E-state index contributed by atoms with van der Waals surface area (Å²) in [4.78, 5) is 4.95. The van der Waals surface area contributed by atoms with Crippen molar-refractivity contribution >= 4 is 39.0 Å². The first kappa shape index (κ1) is 17.0. The topological polar surface area (TPSA) is 30.6 Å². The molecule has 0 saturated carbocycles. The molecule has 0 saturated heterocycles. The zero-order chi connectivity index (χ0) is 16.9. The van der Waals surface area contributed by atoms with E-state index in [0.29, 0.717) is 0 Å². The number of aromatic amines is 1. The van der Waals surface area contributed by atoms with Gasteiger partial charge in [0.1, 0.15) is 5.02 Å². The van der Waals surface area contributed by atoms with Crippen LogP contribution in [0.25, 0.3) is 21.7 Å². The number of nitrogens with one attached hydrogen (secondary N) is 3. The second-order valence-corrected chi connectivity index (χ2v) is 6.59. The Hall–Kier alpha value is -1.84. The number of pyridine rings is 1. The first-order valence-electron chi connectivity index (χ1n) is 8.83. The molecule has 0 bridgehead atoms. The number of H-pyrrole nitrogens is 1. The maximum atomic E-state index is 6.62. The lowest BCUT2D eigenvalue weighted by Gasteiger charge is -2.15. The molecule has 0 aliphatic heterocycles. The number of anilines is 1. The Kier molecular flexibility index (Phi) is 5.54. The van der Waals surface area contributed by atoms with Gasteiger partial charge in [-0.05, 0) is 25.3 Å². The fraction of sp³-hybridized carbons (Fsp3) is 0.350. The molecule has 1 aromatic heterocycles. The van der Waals surface area contributed by atoms with Crippen LogP contribution in [0.2, 0.25) is 5.02 Å². The molecule has 4 heteroatoms. The van der Waals surface area contributed by atoms with E-state index in [-0.39, 0.29) is 0 Å². The summed E-state index contributed by atoms with van der Waals surface area (Å²) < 4.78 is 0. The zero-order valence-corrected chi connectivity index (χ0v) is 15.2.